The van der Waals surface area contributed by atoms with Crippen LogP contribution in [0.5, 0.6) is 0 Å². The molecular weight excluding hydrogens is 216 g/mol. The fourth-order valence-corrected chi connectivity index (χ4v) is 2.27. The first-order valence-corrected chi connectivity index (χ1v) is 5.44. The number of fused-ring (bicyclic) bond motifs is 1. The Balaban J connectivity index is 2.44. The summed E-state index contributed by atoms with van der Waals surface area (Å²) in [7, 11) is 1.61. The summed E-state index contributed by atoms with van der Waals surface area (Å²) in [5, 5.41) is -0.504. The van der Waals surface area contributed by atoms with Crippen LogP contribution >= 0.6 is 11.6 Å². The molecule has 1 aliphatic carbocycles. The van der Waals surface area contributed by atoms with Crippen molar-refractivity contribution in [1.29, 1.82) is 0 Å². The molecule has 0 amide bonds. The van der Waals surface area contributed by atoms with Gasteiger partial charge in [0, 0.05) is 18.2 Å². The number of hydrogen-bond donors (Lipinski definition) is 0. The van der Waals surface area contributed by atoms with Crippen molar-refractivity contribution in [3.63, 3.8) is 0 Å². The highest BCUT2D eigenvalue weighted by atomic mass is 35.5. The van der Waals surface area contributed by atoms with Crippen molar-refractivity contribution in [2.45, 2.75) is 32.3 Å². The van der Waals surface area contributed by atoms with Crippen molar-refractivity contribution in [2.75, 3.05) is 7.11 Å². The maximum Gasteiger partial charge on any atom is 0.288 e. The topological polar surface area (TPSA) is 39.4 Å². The summed E-state index contributed by atoms with van der Waals surface area (Å²) in [6.45, 7) is 0.409. The molecule has 0 aromatic carbocycles. The van der Waals surface area contributed by atoms with E-state index in [9.17, 15) is 4.79 Å². The summed E-state index contributed by atoms with van der Waals surface area (Å²) >= 11 is 5.48. The Morgan fingerprint density at radius 3 is 2.67 bits per heavy atom. The Morgan fingerprint density at radius 1 is 1.40 bits per heavy atom. The molecule has 0 saturated heterocycles. The molecule has 0 N–H and O–H groups in total. The number of ether oxygens (including phenoxy) is 1. The largest absolute Gasteiger partial charge is 0.454 e. The lowest BCUT2D eigenvalue weighted by atomic mass is 9.92. The fourth-order valence-electron chi connectivity index (χ4n) is 2.12. The van der Waals surface area contributed by atoms with Gasteiger partial charge in [-0.05, 0) is 37.3 Å². The summed E-state index contributed by atoms with van der Waals surface area (Å²) < 4.78 is 10.5. The number of methoxy groups -OCH3 is 1. The molecule has 1 aliphatic rings. The van der Waals surface area contributed by atoms with E-state index in [4.69, 9.17) is 20.8 Å². The molecular formula is C11H13ClO3. The highest BCUT2D eigenvalue weighted by Crippen LogP contribution is 2.31. The van der Waals surface area contributed by atoms with Crippen LogP contribution in [-0.4, -0.2) is 12.4 Å². The standard InChI is InChI=1S/C11H13ClO3/c1-14-6-9-7-4-2-3-5-8(7)10(15-9)11(12)13/h2-6H2,1H3. The Kier molecular flexibility index (Phi) is 3.12. The van der Waals surface area contributed by atoms with Crippen molar-refractivity contribution in [3.05, 3.63) is 22.6 Å². The van der Waals surface area contributed by atoms with E-state index in [-0.39, 0.29) is 0 Å². The SMILES string of the molecule is COCc1oc(C(=O)Cl)c2c1CCCC2. The molecule has 0 radical (unpaired) electrons. The maximum absolute atomic E-state index is 11.2. The molecule has 1 aromatic rings. The van der Waals surface area contributed by atoms with Gasteiger partial charge in [-0.1, -0.05) is 0 Å². The van der Waals surface area contributed by atoms with Gasteiger partial charge >= 0.3 is 0 Å². The van der Waals surface area contributed by atoms with E-state index in [1.807, 2.05) is 0 Å². The van der Waals surface area contributed by atoms with E-state index in [0.29, 0.717) is 12.4 Å². The number of carbonyl (C=O) groups is 1. The zero-order valence-corrected chi connectivity index (χ0v) is 9.39. The molecule has 0 spiro atoms. The second-order valence-electron chi connectivity index (χ2n) is 3.73. The molecule has 4 heteroatoms. The lowest BCUT2D eigenvalue weighted by Gasteiger charge is -2.11. The maximum atomic E-state index is 11.2. The van der Waals surface area contributed by atoms with E-state index < -0.39 is 5.24 Å². The molecule has 0 aliphatic heterocycles. The van der Waals surface area contributed by atoms with Gasteiger partial charge in [0.05, 0.1) is 0 Å². The molecule has 1 aromatic heterocycles. The Bertz CT molecular complexity index is 381. The van der Waals surface area contributed by atoms with Gasteiger partial charge in [0.2, 0.25) is 0 Å². The zero-order valence-electron chi connectivity index (χ0n) is 8.64. The molecule has 82 valence electrons. The minimum absolute atomic E-state index is 0.318. The van der Waals surface area contributed by atoms with Crippen molar-refractivity contribution in [3.8, 4) is 0 Å². The molecule has 0 unspecified atom stereocenters. The van der Waals surface area contributed by atoms with Gasteiger partial charge in [0.15, 0.2) is 5.76 Å². The first-order chi connectivity index (χ1) is 7.24. The van der Waals surface area contributed by atoms with Gasteiger partial charge in [0.1, 0.15) is 12.4 Å². The van der Waals surface area contributed by atoms with Crippen molar-refractivity contribution in [2.24, 2.45) is 0 Å². The summed E-state index contributed by atoms with van der Waals surface area (Å²) in [5.74, 6) is 1.08. The van der Waals surface area contributed by atoms with Crippen LogP contribution < -0.4 is 0 Å². The molecule has 0 fully saturated rings. The van der Waals surface area contributed by atoms with Crippen LogP contribution in [0.4, 0.5) is 0 Å². The fraction of sp³-hybridized carbons (Fsp3) is 0.545. The smallest absolute Gasteiger partial charge is 0.288 e. The Labute approximate surface area is 93.4 Å². The van der Waals surface area contributed by atoms with E-state index >= 15 is 0 Å². The van der Waals surface area contributed by atoms with E-state index in [1.54, 1.807) is 7.11 Å². The predicted molar refractivity (Wildman–Crippen MR) is 56.2 cm³/mol. The lowest BCUT2D eigenvalue weighted by Crippen LogP contribution is -2.04. The normalized spacial score (nSPS) is 15.1. The lowest BCUT2D eigenvalue weighted by molar-refractivity contribution is 0.104. The predicted octanol–water partition coefficient (Wildman–Crippen LogP) is 2.68. The minimum atomic E-state index is -0.504. The van der Waals surface area contributed by atoms with Crippen LogP contribution in [0.1, 0.15) is 40.3 Å². The molecule has 0 atom stereocenters. The van der Waals surface area contributed by atoms with Crippen LogP contribution in [0.3, 0.4) is 0 Å². The van der Waals surface area contributed by atoms with Gasteiger partial charge in [-0.15, -0.1) is 0 Å². The highest BCUT2D eigenvalue weighted by Gasteiger charge is 2.25. The zero-order chi connectivity index (χ0) is 10.8. The van der Waals surface area contributed by atoms with E-state index in [0.717, 1.165) is 42.6 Å². The van der Waals surface area contributed by atoms with Crippen LogP contribution in [0.2, 0.25) is 0 Å². The highest BCUT2D eigenvalue weighted by molar-refractivity contribution is 6.67. The summed E-state index contributed by atoms with van der Waals surface area (Å²) in [4.78, 5) is 11.2. The van der Waals surface area contributed by atoms with Gasteiger partial charge in [-0.2, -0.15) is 0 Å². The van der Waals surface area contributed by atoms with Crippen LogP contribution in [0, 0.1) is 0 Å². The van der Waals surface area contributed by atoms with Crippen molar-refractivity contribution < 1.29 is 13.9 Å². The molecule has 15 heavy (non-hydrogen) atoms. The molecule has 3 nitrogen and oxygen atoms in total. The Hall–Kier alpha value is -0.800. The number of carbonyl (C=O) groups excluding carboxylic acids is 1. The third-order valence-corrected chi connectivity index (χ3v) is 2.93. The van der Waals surface area contributed by atoms with Gasteiger partial charge in [-0.25, -0.2) is 0 Å². The number of hydrogen-bond acceptors (Lipinski definition) is 3. The average molecular weight is 229 g/mol. The first-order valence-electron chi connectivity index (χ1n) is 5.06. The Morgan fingerprint density at radius 2 is 2.07 bits per heavy atom. The molecule has 2 rings (SSSR count). The third-order valence-electron chi connectivity index (χ3n) is 2.76. The van der Waals surface area contributed by atoms with E-state index in [1.165, 1.54) is 0 Å². The van der Waals surface area contributed by atoms with Crippen molar-refractivity contribution in [1.82, 2.24) is 0 Å². The van der Waals surface area contributed by atoms with Crippen molar-refractivity contribution >= 4 is 16.8 Å². The van der Waals surface area contributed by atoms with Crippen LogP contribution in [0.25, 0.3) is 0 Å². The van der Waals surface area contributed by atoms with Gasteiger partial charge in [-0.3, -0.25) is 4.79 Å². The number of furan rings is 1. The van der Waals surface area contributed by atoms with Crippen LogP contribution in [0.15, 0.2) is 4.42 Å². The van der Waals surface area contributed by atoms with Crippen LogP contribution in [-0.2, 0) is 24.2 Å². The molecule has 1 heterocycles. The second-order valence-corrected chi connectivity index (χ2v) is 4.07. The average Bonchev–Trinajstić information content (AvgIpc) is 2.59. The minimum Gasteiger partial charge on any atom is -0.454 e. The second kappa shape index (κ2) is 4.37. The van der Waals surface area contributed by atoms with Gasteiger partial charge < -0.3 is 9.15 Å². The summed E-state index contributed by atoms with van der Waals surface area (Å²) in [6.07, 6.45) is 4.08. The van der Waals surface area contributed by atoms with E-state index in [2.05, 4.69) is 0 Å². The van der Waals surface area contributed by atoms with Gasteiger partial charge in [0.25, 0.3) is 5.24 Å². The summed E-state index contributed by atoms with van der Waals surface area (Å²) in [5.41, 5.74) is 2.13. The first kappa shape index (κ1) is 10.7. The number of halogens is 1. The number of rotatable bonds is 3. The monoisotopic (exact) mass is 228 g/mol. The molecule has 0 bridgehead atoms. The quantitative estimate of drug-likeness (QED) is 0.747. The third kappa shape index (κ3) is 1.94. The summed E-state index contributed by atoms with van der Waals surface area (Å²) in [6, 6.07) is 0. The molecule has 0 saturated carbocycles.